The van der Waals surface area contributed by atoms with Gasteiger partial charge in [0.15, 0.2) is 0 Å². The van der Waals surface area contributed by atoms with Crippen molar-refractivity contribution in [3.8, 4) is 0 Å². The van der Waals surface area contributed by atoms with Crippen molar-refractivity contribution < 1.29 is 9.59 Å². The summed E-state index contributed by atoms with van der Waals surface area (Å²) in [6.45, 7) is 8.02. The molecule has 2 rings (SSSR count). The molecule has 7 nitrogen and oxygen atoms in total. The SMILES string of the molecule is CCC1(C)NC(=O)CN(Cc2ncnn2C(C)C)C1=O. The third-order valence-electron chi connectivity index (χ3n) is 3.68. The van der Waals surface area contributed by atoms with Gasteiger partial charge in [-0.05, 0) is 27.2 Å². The standard InChI is InChI=1S/C13H21N5O2/c1-5-13(4)12(20)17(7-11(19)16-13)6-10-14-8-15-18(10)9(2)3/h8-9H,5-7H2,1-4H3,(H,16,19). The molecule has 110 valence electrons. The van der Waals surface area contributed by atoms with E-state index in [1.807, 2.05) is 20.8 Å². The van der Waals surface area contributed by atoms with Crippen LogP contribution in [0, 0.1) is 0 Å². The maximum atomic E-state index is 12.5. The molecule has 1 fully saturated rings. The van der Waals surface area contributed by atoms with Crippen LogP contribution in [0.1, 0.15) is 46.0 Å². The molecule has 1 N–H and O–H groups in total. The summed E-state index contributed by atoms with van der Waals surface area (Å²) in [5.41, 5.74) is -0.821. The van der Waals surface area contributed by atoms with E-state index in [2.05, 4.69) is 15.4 Å². The maximum absolute atomic E-state index is 12.5. The van der Waals surface area contributed by atoms with Crippen molar-refractivity contribution in [1.82, 2.24) is 25.0 Å². The summed E-state index contributed by atoms with van der Waals surface area (Å²) in [7, 11) is 0. The Hall–Kier alpha value is -1.92. The van der Waals surface area contributed by atoms with Crippen LogP contribution in [-0.4, -0.2) is 43.6 Å². The lowest BCUT2D eigenvalue weighted by molar-refractivity contribution is -0.150. The molecule has 1 aromatic rings. The second kappa shape index (κ2) is 5.22. The van der Waals surface area contributed by atoms with E-state index in [4.69, 9.17) is 0 Å². The fraction of sp³-hybridized carbons (Fsp3) is 0.692. The molecule has 2 heterocycles. The van der Waals surface area contributed by atoms with Crippen molar-refractivity contribution in [2.45, 2.75) is 52.2 Å². The minimum atomic E-state index is -0.821. The molecule has 0 aromatic carbocycles. The zero-order valence-electron chi connectivity index (χ0n) is 12.4. The molecule has 20 heavy (non-hydrogen) atoms. The zero-order valence-corrected chi connectivity index (χ0v) is 12.4. The molecule has 1 unspecified atom stereocenters. The number of carbonyl (C=O) groups excluding carboxylic acids is 2. The van der Waals surface area contributed by atoms with Crippen LogP contribution in [0.5, 0.6) is 0 Å². The summed E-state index contributed by atoms with van der Waals surface area (Å²) in [6, 6.07) is 0.166. The van der Waals surface area contributed by atoms with Gasteiger partial charge in [-0.1, -0.05) is 6.92 Å². The van der Waals surface area contributed by atoms with Crippen LogP contribution in [-0.2, 0) is 16.1 Å². The van der Waals surface area contributed by atoms with Gasteiger partial charge in [0.1, 0.15) is 24.2 Å². The Morgan fingerprint density at radius 3 is 2.75 bits per heavy atom. The van der Waals surface area contributed by atoms with Crippen LogP contribution in [0.2, 0.25) is 0 Å². The predicted octanol–water partition coefficient (Wildman–Crippen LogP) is 0.486. The number of piperazine rings is 1. The molecule has 1 saturated heterocycles. The Morgan fingerprint density at radius 1 is 1.45 bits per heavy atom. The molecule has 0 radical (unpaired) electrons. The number of carbonyl (C=O) groups is 2. The largest absolute Gasteiger partial charge is 0.340 e. The summed E-state index contributed by atoms with van der Waals surface area (Å²) in [6.07, 6.45) is 2.04. The Labute approximate surface area is 118 Å². The third-order valence-corrected chi connectivity index (χ3v) is 3.68. The highest BCUT2D eigenvalue weighted by atomic mass is 16.2. The number of aromatic nitrogens is 3. The smallest absolute Gasteiger partial charge is 0.248 e. The van der Waals surface area contributed by atoms with Crippen LogP contribution < -0.4 is 5.32 Å². The normalized spacial score (nSPS) is 23.4. The lowest BCUT2D eigenvalue weighted by Crippen LogP contribution is -2.64. The first-order valence-corrected chi connectivity index (χ1v) is 6.86. The average Bonchev–Trinajstić information content (AvgIpc) is 2.83. The third kappa shape index (κ3) is 2.52. The van der Waals surface area contributed by atoms with E-state index in [9.17, 15) is 9.59 Å². The molecule has 0 saturated carbocycles. The van der Waals surface area contributed by atoms with Crippen molar-refractivity contribution in [1.29, 1.82) is 0 Å². The number of amides is 2. The van der Waals surface area contributed by atoms with Gasteiger partial charge >= 0.3 is 0 Å². The highest BCUT2D eigenvalue weighted by molar-refractivity contribution is 5.97. The molecule has 0 bridgehead atoms. The monoisotopic (exact) mass is 279 g/mol. The number of nitrogens with one attached hydrogen (secondary N) is 1. The molecule has 1 aliphatic rings. The first-order chi connectivity index (χ1) is 9.37. The molecule has 0 aliphatic carbocycles. The fourth-order valence-electron chi connectivity index (χ4n) is 2.35. The Morgan fingerprint density at radius 2 is 2.15 bits per heavy atom. The van der Waals surface area contributed by atoms with Crippen LogP contribution in [0.15, 0.2) is 6.33 Å². The highest BCUT2D eigenvalue weighted by Gasteiger charge is 2.41. The van der Waals surface area contributed by atoms with Crippen LogP contribution in [0.3, 0.4) is 0 Å². The average molecular weight is 279 g/mol. The van der Waals surface area contributed by atoms with E-state index in [0.29, 0.717) is 18.8 Å². The van der Waals surface area contributed by atoms with Gasteiger partial charge in [0.25, 0.3) is 0 Å². The van der Waals surface area contributed by atoms with E-state index >= 15 is 0 Å². The Bertz CT molecular complexity index is 525. The van der Waals surface area contributed by atoms with Gasteiger partial charge in [-0.3, -0.25) is 9.59 Å². The van der Waals surface area contributed by atoms with E-state index in [1.165, 1.54) is 6.33 Å². The van der Waals surface area contributed by atoms with E-state index < -0.39 is 5.54 Å². The van der Waals surface area contributed by atoms with E-state index in [1.54, 1.807) is 16.5 Å². The van der Waals surface area contributed by atoms with Crippen LogP contribution in [0.4, 0.5) is 0 Å². The van der Waals surface area contributed by atoms with Gasteiger partial charge < -0.3 is 10.2 Å². The molecular weight excluding hydrogens is 258 g/mol. The molecule has 2 amide bonds. The Kier molecular flexibility index (Phi) is 3.78. The lowest BCUT2D eigenvalue weighted by atomic mass is 9.94. The summed E-state index contributed by atoms with van der Waals surface area (Å²) in [4.78, 5) is 30.0. The van der Waals surface area contributed by atoms with E-state index in [-0.39, 0.29) is 24.4 Å². The number of nitrogens with zero attached hydrogens (tertiary/aromatic N) is 4. The van der Waals surface area contributed by atoms with Gasteiger partial charge in [-0.25, -0.2) is 9.67 Å². The minimum absolute atomic E-state index is 0.0688. The van der Waals surface area contributed by atoms with Crippen molar-refractivity contribution in [3.05, 3.63) is 12.2 Å². The van der Waals surface area contributed by atoms with Crippen LogP contribution in [0.25, 0.3) is 0 Å². The molecule has 1 aromatic heterocycles. The second-order valence-electron chi connectivity index (χ2n) is 5.61. The van der Waals surface area contributed by atoms with Gasteiger partial charge in [-0.15, -0.1) is 0 Å². The van der Waals surface area contributed by atoms with Crippen molar-refractivity contribution in [3.63, 3.8) is 0 Å². The summed E-state index contributed by atoms with van der Waals surface area (Å²) >= 11 is 0. The first-order valence-electron chi connectivity index (χ1n) is 6.86. The predicted molar refractivity (Wildman–Crippen MR) is 72.7 cm³/mol. The van der Waals surface area contributed by atoms with Gasteiger partial charge in [0.05, 0.1) is 6.54 Å². The number of hydrogen-bond donors (Lipinski definition) is 1. The first kappa shape index (κ1) is 14.5. The molecule has 1 aliphatic heterocycles. The summed E-state index contributed by atoms with van der Waals surface area (Å²) in [5.74, 6) is 0.490. The summed E-state index contributed by atoms with van der Waals surface area (Å²) < 4.78 is 1.77. The van der Waals surface area contributed by atoms with Gasteiger partial charge in [-0.2, -0.15) is 5.10 Å². The molecular formula is C13H21N5O2. The highest BCUT2D eigenvalue weighted by Crippen LogP contribution is 2.19. The quantitative estimate of drug-likeness (QED) is 0.869. The molecule has 7 heteroatoms. The Balaban J connectivity index is 2.22. The zero-order chi connectivity index (χ0) is 14.9. The number of hydrogen-bond acceptors (Lipinski definition) is 4. The molecule has 0 spiro atoms. The van der Waals surface area contributed by atoms with Crippen molar-refractivity contribution in [2.24, 2.45) is 0 Å². The van der Waals surface area contributed by atoms with E-state index in [0.717, 1.165) is 0 Å². The second-order valence-corrected chi connectivity index (χ2v) is 5.61. The molecule has 1 atom stereocenters. The fourth-order valence-corrected chi connectivity index (χ4v) is 2.35. The van der Waals surface area contributed by atoms with Gasteiger partial charge in [0.2, 0.25) is 11.8 Å². The number of rotatable bonds is 4. The van der Waals surface area contributed by atoms with Gasteiger partial charge in [0, 0.05) is 6.04 Å². The van der Waals surface area contributed by atoms with Crippen LogP contribution >= 0.6 is 0 Å². The topological polar surface area (TPSA) is 80.1 Å². The van der Waals surface area contributed by atoms with Crippen molar-refractivity contribution in [2.75, 3.05) is 6.54 Å². The van der Waals surface area contributed by atoms with Crippen molar-refractivity contribution >= 4 is 11.8 Å². The maximum Gasteiger partial charge on any atom is 0.248 e. The lowest BCUT2D eigenvalue weighted by Gasteiger charge is -2.39. The minimum Gasteiger partial charge on any atom is -0.340 e. The summed E-state index contributed by atoms with van der Waals surface area (Å²) in [5, 5.41) is 6.91.